The summed E-state index contributed by atoms with van der Waals surface area (Å²) in [5.41, 5.74) is 1.80. The molecule has 2 rings (SSSR count). The van der Waals surface area contributed by atoms with Crippen molar-refractivity contribution in [1.82, 2.24) is 9.97 Å². The summed E-state index contributed by atoms with van der Waals surface area (Å²) in [5, 5.41) is 4.43. The van der Waals surface area contributed by atoms with E-state index in [0.29, 0.717) is 5.71 Å². The van der Waals surface area contributed by atoms with E-state index in [1.165, 1.54) is 19.6 Å². The number of furan rings is 1. The van der Waals surface area contributed by atoms with E-state index in [1.54, 1.807) is 11.2 Å². The molecule has 2 aromatic rings. The minimum absolute atomic E-state index is 0.673. The molecule has 2 heterocycles. The Morgan fingerprint density at radius 2 is 1.95 bits per heavy atom. The minimum atomic E-state index is 0.673. The number of nitrogens with zero attached hydrogens (tertiary/aromatic N) is 2. The predicted octanol–water partition coefficient (Wildman–Crippen LogP) is 1.57. The van der Waals surface area contributed by atoms with Crippen molar-refractivity contribution >= 4 is 16.9 Å². The molecule has 0 bridgehead atoms. The predicted molar refractivity (Wildman–Crippen MR) is 81.3 cm³/mol. The molecular formula is C15H25N4O+. The first-order chi connectivity index (χ1) is 9.67. The lowest BCUT2D eigenvalue weighted by molar-refractivity contribution is -0.896. The van der Waals surface area contributed by atoms with Gasteiger partial charge in [-0.25, -0.2) is 9.97 Å². The van der Waals surface area contributed by atoms with E-state index in [2.05, 4.69) is 36.1 Å². The average molecular weight is 277 g/mol. The summed E-state index contributed by atoms with van der Waals surface area (Å²) in [7, 11) is 0. The van der Waals surface area contributed by atoms with Gasteiger partial charge in [0, 0.05) is 18.5 Å². The summed E-state index contributed by atoms with van der Waals surface area (Å²) in [4.78, 5) is 10.2. The summed E-state index contributed by atoms with van der Waals surface area (Å²) < 4.78 is 5.62. The number of rotatable bonds is 7. The molecule has 20 heavy (non-hydrogen) atoms. The first-order valence-electron chi connectivity index (χ1n) is 7.45. The third-order valence-corrected chi connectivity index (χ3v) is 3.96. The molecule has 0 aliphatic rings. The van der Waals surface area contributed by atoms with Crippen LogP contribution in [0.2, 0.25) is 0 Å². The molecule has 2 N–H and O–H groups in total. The molecule has 0 aliphatic heterocycles. The normalized spacial score (nSPS) is 11.4. The van der Waals surface area contributed by atoms with Gasteiger partial charge in [0.1, 0.15) is 17.9 Å². The second-order valence-electron chi connectivity index (χ2n) is 5.17. The summed E-state index contributed by atoms with van der Waals surface area (Å²) in [6.07, 6.45) is 2.70. The molecule has 0 saturated heterocycles. The van der Waals surface area contributed by atoms with Crippen LogP contribution in [-0.4, -0.2) is 36.1 Å². The molecule has 5 heteroatoms. The molecule has 110 valence electrons. The van der Waals surface area contributed by atoms with Gasteiger partial charge >= 0.3 is 0 Å². The monoisotopic (exact) mass is 277 g/mol. The SMILES string of the molecule is CC[NH+](CC)CCCNc1ncnc2oc(C)c(C)c12. The van der Waals surface area contributed by atoms with Crippen LogP contribution in [0.3, 0.4) is 0 Å². The summed E-state index contributed by atoms with van der Waals surface area (Å²) >= 11 is 0. The van der Waals surface area contributed by atoms with Crippen molar-refractivity contribution in [2.45, 2.75) is 34.1 Å². The summed E-state index contributed by atoms with van der Waals surface area (Å²) in [6.45, 7) is 13.0. The maximum atomic E-state index is 5.62. The molecule has 0 fully saturated rings. The smallest absolute Gasteiger partial charge is 0.231 e. The number of hydrogen-bond donors (Lipinski definition) is 2. The largest absolute Gasteiger partial charge is 0.443 e. The van der Waals surface area contributed by atoms with Gasteiger partial charge in [-0.3, -0.25) is 0 Å². The number of fused-ring (bicyclic) bond motifs is 1. The second-order valence-corrected chi connectivity index (χ2v) is 5.17. The molecule has 0 unspecified atom stereocenters. The third kappa shape index (κ3) is 3.10. The van der Waals surface area contributed by atoms with Crippen molar-refractivity contribution in [1.29, 1.82) is 0 Å². The van der Waals surface area contributed by atoms with Gasteiger partial charge in [-0.05, 0) is 27.7 Å². The zero-order valence-electron chi connectivity index (χ0n) is 12.9. The Balaban J connectivity index is 2.00. The van der Waals surface area contributed by atoms with Crippen LogP contribution < -0.4 is 10.2 Å². The lowest BCUT2D eigenvalue weighted by atomic mass is 10.2. The molecule has 2 aromatic heterocycles. The second kappa shape index (κ2) is 6.70. The van der Waals surface area contributed by atoms with Crippen LogP contribution >= 0.6 is 0 Å². The lowest BCUT2D eigenvalue weighted by Crippen LogP contribution is -3.11. The van der Waals surface area contributed by atoms with Crippen molar-refractivity contribution in [2.75, 3.05) is 31.5 Å². The Labute approximate surface area is 120 Å². The molecule has 0 amide bonds. The zero-order chi connectivity index (χ0) is 14.5. The minimum Gasteiger partial charge on any atom is -0.443 e. The fraction of sp³-hybridized carbons (Fsp3) is 0.600. The molecule has 0 saturated carbocycles. The Kier molecular flexibility index (Phi) is 4.95. The topological polar surface area (TPSA) is 55.4 Å². The highest BCUT2D eigenvalue weighted by molar-refractivity contribution is 5.89. The summed E-state index contributed by atoms with van der Waals surface area (Å²) in [6, 6.07) is 0. The maximum Gasteiger partial charge on any atom is 0.231 e. The molecule has 0 aliphatic carbocycles. The van der Waals surface area contributed by atoms with Gasteiger partial charge < -0.3 is 14.6 Å². The van der Waals surface area contributed by atoms with Crippen molar-refractivity contribution in [3.8, 4) is 0 Å². The fourth-order valence-corrected chi connectivity index (χ4v) is 2.47. The van der Waals surface area contributed by atoms with Gasteiger partial charge in [-0.2, -0.15) is 0 Å². The summed E-state index contributed by atoms with van der Waals surface area (Å²) in [5.74, 6) is 1.80. The maximum absolute atomic E-state index is 5.62. The highest BCUT2D eigenvalue weighted by atomic mass is 16.3. The van der Waals surface area contributed by atoms with E-state index in [9.17, 15) is 0 Å². The quantitative estimate of drug-likeness (QED) is 0.754. The van der Waals surface area contributed by atoms with Crippen LogP contribution in [0.25, 0.3) is 11.1 Å². The Bertz CT molecular complexity index is 560. The number of aryl methyl sites for hydroxylation is 2. The highest BCUT2D eigenvalue weighted by Gasteiger charge is 2.13. The number of aromatic nitrogens is 2. The van der Waals surface area contributed by atoms with Crippen LogP contribution in [0.5, 0.6) is 0 Å². The number of nitrogens with one attached hydrogen (secondary N) is 2. The van der Waals surface area contributed by atoms with Crippen LogP contribution in [-0.2, 0) is 0 Å². The number of hydrogen-bond acceptors (Lipinski definition) is 4. The van der Waals surface area contributed by atoms with Gasteiger partial charge in [0.25, 0.3) is 0 Å². The molecule has 5 nitrogen and oxygen atoms in total. The third-order valence-electron chi connectivity index (χ3n) is 3.96. The van der Waals surface area contributed by atoms with E-state index in [1.807, 2.05) is 6.92 Å². The lowest BCUT2D eigenvalue weighted by Gasteiger charge is -2.15. The molecule has 0 aromatic carbocycles. The number of quaternary nitrogens is 1. The van der Waals surface area contributed by atoms with Crippen molar-refractivity contribution in [2.24, 2.45) is 0 Å². The van der Waals surface area contributed by atoms with Crippen molar-refractivity contribution < 1.29 is 9.32 Å². The standard InChI is InChI=1S/C15H24N4O/c1-5-19(6-2)9-7-8-16-14-13-11(3)12(4)20-15(13)18-10-17-14/h10H,5-9H2,1-4H3,(H,16,17,18)/p+1. The van der Waals surface area contributed by atoms with E-state index < -0.39 is 0 Å². The Morgan fingerprint density at radius 1 is 1.20 bits per heavy atom. The van der Waals surface area contributed by atoms with E-state index in [-0.39, 0.29) is 0 Å². The molecule has 0 atom stereocenters. The average Bonchev–Trinajstić information content (AvgIpc) is 2.75. The van der Waals surface area contributed by atoms with Gasteiger partial charge in [0.2, 0.25) is 5.71 Å². The van der Waals surface area contributed by atoms with Crippen LogP contribution in [0.15, 0.2) is 10.7 Å². The molecule has 0 radical (unpaired) electrons. The molecular weight excluding hydrogens is 252 g/mol. The fourth-order valence-electron chi connectivity index (χ4n) is 2.47. The highest BCUT2D eigenvalue weighted by Crippen LogP contribution is 2.27. The van der Waals surface area contributed by atoms with Gasteiger partial charge in [-0.1, -0.05) is 0 Å². The first kappa shape index (κ1) is 14.8. The Hall–Kier alpha value is -1.62. The van der Waals surface area contributed by atoms with Crippen LogP contribution in [0.1, 0.15) is 31.6 Å². The first-order valence-corrected chi connectivity index (χ1v) is 7.45. The van der Waals surface area contributed by atoms with Gasteiger partial charge in [0.05, 0.1) is 25.0 Å². The zero-order valence-corrected chi connectivity index (χ0v) is 12.9. The van der Waals surface area contributed by atoms with E-state index >= 15 is 0 Å². The van der Waals surface area contributed by atoms with Crippen LogP contribution in [0, 0.1) is 13.8 Å². The number of anilines is 1. The Morgan fingerprint density at radius 3 is 2.65 bits per heavy atom. The van der Waals surface area contributed by atoms with Crippen molar-refractivity contribution in [3.63, 3.8) is 0 Å². The van der Waals surface area contributed by atoms with Crippen LogP contribution in [0.4, 0.5) is 5.82 Å². The van der Waals surface area contributed by atoms with Crippen molar-refractivity contribution in [3.05, 3.63) is 17.7 Å². The van der Waals surface area contributed by atoms with Gasteiger partial charge in [0.15, 0.2) is 0 Å². The van der Waals surface area contributed by atoms with E-state index in [0.717, 1.165) is 35.5 Å². The van der Waals surface area contributed by atoms with Gasteiger partial charge in [-0.15, -0.1) is 0 Å². The molecule has 0 spiro atoms. The van der Waals surface area contributed by atoms with E-state index in [4.69, 9.17) is 4.42 Å².